The van der Waals surface area contributed by atoms with Crippen LogP contribution in [0.1, 0.15) is 13.8 Å². The molecule has 1 fully saturated rings. The number of carbonyl (C=O) groups excluding carboxylic acids is 1. The molecule has 0 aliphatic carbocycles. The minimum absolute atomic E-state index is 0.0781. The zero-order valence-corrected chi connectivity index (χ0v) is 11.1. The molecule has 0 aromatic carbocycles. The lowest BCUT2D eigenvalue weighted by atomic mass is 9.98. The van der Waals surface area contributed by atoms with E-state index in [1.807, 2.05) is 0 Å². The summed E-state index contributed by atoms with van der Waals surface area (Å²) in [6, 6.07) is 0. The predicted octanol–water partition coefficient (Wildman–Crippen LogP) is -0.0417. The third kappa shape index (κ3) is 2.19. The van der Waals surface area contributed by atoms with Crippen LogP contribution in [0.4, 0.5) is 16.2 Å². The monoisotopic (exact) mass is 268 g/mol. The summed E-state index contributed by atoms with van der Waals surface area (Å²) in [4.78, 5) is 23.1. The van der Waals surface area contributed by atoms with Crippen molar-refractivity contribution >= 4 is 17.7 Å². The van der Waals surface area contributed by atoms with Crippen molar-refractivity contribution in [3.63, 3.8) is 0 Å². The van der Waals surface area contributed by atoms with Crippen LogP contribution in [0.3, 0.4) is 0 Å². The smallest absolute Gasteiger partial charge is 0.247 e. The first-order chi connectivity index (χ1) is 8.87. The number of nitrogens with two attached hydrogens (primary N) is 1. The molecule has 7 nitrogen and oxygen atoms in total. The van der Waals surface area contributed by atoms with E-state index in [2.05, 4.69) is 15.4 Å². The van der Waals surface area contributed by atoms with Crippen molar-refractivity contribution in [3.05, 3.63) is 12.0 Å². The lowest BCUT2D eigenvalue weighted by Crippen LogP contribution is -2.62. The average Bonchev–Trinajstić information content (AvgIpc) is 2.38. The molecule has 2 heterocycles. The van der Waals surface area contributed by atoms with Gasteiger partial charge in [0.1, 0.15) is 5.54 Å². The number of halogens is 1. The van der Waals surface area contributed by atoms with E-state index in [1.165, 1.54) is 0 Å². The zero-order chi connectivity index (χ0) is 14.2. The number of hydrogen-bond donors (Lipinski definition) is 2. The molecular weight excluding hydrogens is 251 g/mol. The number of carbonyl (C=O) groups is 1. The first-order valence-corrected chi connectivity index (χ1v) is 5.90. The summed E-state index contributed by atoms with van der Waals surface area (Å²) in [6.07, 6.45) is 1.04. The fourth-order valence-corrected chi connectivity index (χ4v) is 2.20. The van der Waals surface area contributed by atoms with Gasteiger partial charge in [-0.15, -0.1) is 0 Å². The summed E-state index contributed by atoms with van der Waals surface area (Å²) in [6.45, 7) is 4.48. The Balaban J connectivity index is 2.43. The molecule has 0 radical (unpaired) electrons. The van der Waals surface area contributed by atoms with Gasteiger partial charge in [-0.2, -0.15) is 4.98 Å². The van der Waals surface area contributed by atoms with E-state index in [9.17, 15) is 9.18 Å². The van der Waals surface area contributed by atoms with Crippen molar-refractivity contribution in [2.45, 2.75) is 19.4 Å². The molecular formula is C11H17FN6O. The molecule has 0 atom stereocenters. The van der Waals surface area contributed by atoms with E-state index in [0.717, 1.165) is 6.20 Å². The minimum Gasteiger partial charge on any atom is -0.342 e. The molecule has 19 heavy (non-hydrogen) atoms. The van der Waals surface area contributed by atoms with Gasteiger partial charge in [-0.25, -0.2) is 15.2 Å². The molecule has 0 spiro atoms. The number of amides is 1. The molecule has 8 heteroatoms. The number of likely N-dealkylation sites (N-methyl/N-ethyl adjacent to an activating group) is 1. The maximum absolute atomic E-state index is 13.9. The van der Waals surface area contributed by atoms with Crippen LogP contribution in [-0.4, -0.2) is 46.5 Å². The van der Waals surface area contributed by atoms with Gasteiger partial charge in [-0.3, -0.25) is 10.2 Å². The van der Waals surface area contributed by atoms with Crippen molar-refractivity contribution < 1.29 is 9.18 Å². The van der Waals surface area contributed by atoms with Gasteiger partial charge >= 0.3 is 0 Å². The molecule has 1 amide bonds. The van der Waals surface area contributed by atoms with Gasteiger partial charge in [-0.1, -0.05) is 0 Å². The van der Waals surface area contributed by atoms with Crippen LogP contribution in [-0.2, 0) is 4.79 Å². The highest BCUT2D eigenvalue weighted by Gasteiger charge is 2.42. The van der Waals surface area contributed by atoms with Crippen LogP contribution in [0.5, 0.6) is 0 Å². The van der Waals surface area contributed by atoms with Crippen molar-refractivity contribution in [3.8, 4) is 0 Å². The lowest BCUT2D eigenvalue weighted by Gasteiger charge is -2.45. The van der Waals surface area contributed by atoms with Gasteiger partial charge in [0.25, 0.3) is 0 Å². The molecule has 1 aliphatic heterocycles. The van der Waals surface area contributed by atoms with E-state index in [0.29, 0.717) is 13.1 Å². The Morgan fingerprint density at radius 2 is 2.16 bits per heavy atom. The summed E-state index contributed by atoms with van der Waals surface area (Å²) in [7, 11) is 1.73. The number of piperazine rings is 1. The van der Waals surface area contributed by atoms with Gasteiger partial charge in [0.05, 0.1) is 6.20 Å². The molecule has 0 unspecified atom stereocenters. The SMILES string of the molecule is CN1CCN(c2nc(NN)ncc2F)C(C)(C)C1=O. The number of aromatic nitrogens is 2. The second-order valence-corrected chi connectivity index (χ2v) is 4.95. The largest absolute Gasteiger partial charge is 0.342 e. The maximum Gasteiger partial charge on any atom is 0.247 e. The number of hydrazine groups is 1. The predicted molar refractivity (Wildman–Crippen MR) is 68.9 cm³/mol. The van der Waals surface area contributed by atoms with Gasteiger partial charge in [-0.05, 0) is 13.8 Å². The molecule has 1 saturated heterocycles. The Kier molecular flexibility index (Phi) is 3.27. The van der Waals surface area contributed by atoms with Crippen LogP contribution in [0.15, 0.2) is 6.20 Å². The molecule has 1 aromatic heterocycles. The zero-order valence-electron chi connectivity index (χ0n) is 11.1. The average molecular weight is 268 g/mol. The second kappa shape index (κ2) is 4.61. The fourth-order valence-electron chi connectivity index (χ4n) is 2.20. The third-order valence-electron chi connectivity index (χ3n) is 3.31. The highest BCUT2D eigenvalue weighted by Crippen LogP contribution is 2.29. The van der Waals surface area contributed by atoms with Crippen LogP contribution < -0.4 is 16.2 Å². The van der Waals surface area contributed by atoms with Gasteiger partial charge in [0.2, 0.25) is 11.9 Å². The molecule has 104 valence electrons. The van der Waals surface area contributed by atoms with E-state index in [4.69, 9.17) is 5.84 Å². The van der Waals surface area contributed by atoms with Crippen LogP contribution in [0.25, 0.3) is 0 Å². The first-order valence-electron chi connectivity index (χ1n) is 5.90. The quantitative estimate of drug-likeness (QED) is 0.578. The summed E-state index contributed by atoms with van der Waals surface area (Å²) >= 11 is 0. The Hall–Kier alpha value is -1.96. The highest BCUT2D eigenvalue weighted by atomic mass is 19.1. The molecule has 2 rings (SSSR count). The molecule has 0 saturated carbocycles. The van der Waals surface area contributed by atoms with Crippen molar-refractivity contribution in [1.29, 1.82) is 0 Å². The summed E-state index contributed by atoms with van der Waals surface area (Å²) in [5.41, 5.74) is 1.40. The van der Waals surface area contributed by atoms with Crippen molar-refractivity contribution in [2.75, 3.05) is 30.5 Å². The Morgan fingerprint density at radius 1 is 1.47 bits per heavy atom. The topological polar surface area (TPSA) is 87.4 Å². The Bertz CT molecular complexity index is 506. The van der Waals surface area contributed by atoms with Gasteiger partial charge in [0.15, 0.2) is 11.6 Å². The van der Waals surface area contributed by atoms with Crippen molar-refractivity contribution in [2.24, 2.45) is 5.84 Å². The summed E-state index contributed by atoms with van der Waals surface area (Å²) < 4.78 is 13.9. The first kappa shape index (κ1) is 13.5. The molecule has 1 aliphatic rings. The van der Waals surface area contributed by atoms with Gasteiger partial charge < -0.3 is 9.80 Å². The third-order valence-corrected chi connectivity index (χ3v) is 3.31. The Morgan fingerprint density at radius 3 is 2.79 bits per heavy atom. The maximum atomic E-state index is 13.9. The number of nitrogen functional groups attached to an aromatic ring is 1. The summed E-state index contributed by atoms with van der Waals surface area (Å²) in [5, 5.41) is 0. The summed E-state index contributed by atoms with van der Waals surface area (Å²) in [5.74, 6) is 4.75. The lowest BCUT2D eigenvalue weighted by molar-refractivity contribution is -0.136. The number of anilines is 2. The van der Waals surface area contributed by atoms with Crippen molar-refractivity contribution in [1.82, 2.24) is 14.9 Å². The van der Waals surface area contributed by atoms with E-state index >= 15 is 0 Å². The highest BCUT2D eigenvalue weighted by molar-refractivity contribution is 5.90. The number of hydrogen-bond acceptors (Lipinski definition) is 6. The van der Waals surface area contributed by atoms with Crippen LogP contribution >= 0.6 is 0 Å². The van der Waals surface area contributed by atoms with E-state index in [-0.39, 0.29) is 17.7 Å². The van der Waals surface area contributed by atoms with Crippen LogP contribution in [0, 0.1) is 5.82 Å². The number of rotatable bonds is 2. The minimum atomic E-state index is -0.867. The fraction of sp³-hybridized carbons (Fsp3) is 0.545. The standard InChI is InChI=1S/C11H17FN6O/c1-11(2)9(19)17(3)4-5-18(11)8-7(12)6-14-10(15-8)16-13/h6H,4-5,13H2,1-3H3,(H,14,15,16). The number of nitrogens with one attached hydrogen (secondary N) is 1. The van der Waals surface area contributed by atoms with Crippen LogP contribution in [0.2, 0.25) is 0 Å². The van der Waals surface area contributed by atoms with Gasteiger partial charge in [0, 0.05) is 20.1 Å². The Labute approximate surface area is 110 Å². The second-order valence-electron chi connectivity index (χ2n) is 4.95. The molecule has 3 N–H and O–H groups in total. The van der Waals surface area contributed by atoms with E-state index < -0.39 is 11.4 Å². The van der Waals surface area contributed by atoms with E-state index in [1.54, 1.807) is 30.7 Å². The molecule has 0 bridgehead atoms. The normalized spacial score (nSPS) is 18.7. The molecule has 1 aromatic rings. The number of nitrogens with zero attached hydrogens (tertiary/aromatic N) is 4.